The molecule has 0 radical (unpaired) electrons. The van der Waals surface area contributed by atoms with Crippen molar-refractivity contribution in [3.63, 3.8) is 0 Å². The summed E-state index contributed by atoms with van der Waals surface area (Å²) in [5.74, 6) is -0.955. The summed E-state index contributed by atoms with van der Waals surface area (Å²) in [4.78, 5) is 23.3. The van der Waals surface area contributed by atoms with E-state index in [4.69, 9.17) is 4.74 Å². The van der Waals surface area contributed by atoms with Crippen LogP contribution in [0.2, 0.25) is 0 Å². The van der Waals surface area contributed by atoms with Gasteiger partial charge in [0.25, 0.3) is 0 Å². The van der Waals surface area contributed by atoms with Gasteiger partial charge < -0.3 is 15.2 Å². The Morgan fingerprint density at radius 1 is 1.50 bits per heavy atom. The number of rotatable bonds is 5. The van der Waals surface area contributed by atoms with E-state index in [1.54, 1.807) is 0 Å². The van der Waals surface area contributed by atoms with Gasteiger partial charge in [0.15, 0.2) is 0 Å². The van der Waals surface area contributed by atoms with Crippen LogP contribution in [0.15, 0.2) is 0 Å². The van der Waals surface area contributed by atoms with Crippen LogP contribution in [0.1, 0.15) is 26.7 Å². The number of amides is 1. The summed E-state index contributed by atoms with van der Waals surface area (Å²) < 4.78 is 5.24. The molecule has 3 unspecified atom stereocenters. The number of nitrogens with one attached hydrogen (secondary N) is 1. The van der Waals surface area contributed by atoms with Crippen LogP contribution in [0.5, 0.6) is 0 Å². The molecule has 18 heavy (non-hydrogen) atoms. The summed E-state index contributed by atoms with van der Waals surface area (Å²) in [7, 11) is 0. The van der Waals surface area contributed by atoms with Gasteiger partial charge >= 0.3 is 5.97 Å². The number of hydrogen-bond donors (Lipinski definition) is 2. The Morgan fingerprint density at radius 2 is 2.22 bits per heavy atom. The third-order valence-corrected chi connectivity index (χ3v) is 4.34. The van der Waals surface area contributed by atoms with Crippen molar-refractivity contribution in [3.8, 4) is 0 Å². The second kappa shape index (κ2) is 4.88. The van der Waals surface area contributed by atoms with E-state index < -0.39 is 11.4 Å². The van der Waals surface area contributed by atoms with E-state index in [0.717, 1.165) is 13.0 Å². The zero-order valence-corrected chi connectivity index (χ0v) is 10.9. The van der Waals surface area contributed by atoms with E-state index in [2.05, 4.69) is 5.32 Å². The molecule has 1 aliphatic heterocycles. The first-order chi connectivity index (χ1) is 8.48. The topological polar surface area (TPSA) is 75.6 Å². The minimum Gasteiger partial charge on any atom is -0.481 e. The van der Waals surface area contributed by atoms with Crippen molar-refractivity contribution in [1.82, 2.24) is 5.32 Å². The molecular weight excluding hydrogens is 234 g/mol. The number of aliphatic carboxylic acids is 1. The molecule has 2 N–H and O–H groups in total. The van der Waals surface area contributed by atoms with E-state index in [1.165, 1.54) is 0 Å². The number of hydrogen-bond acceptors (Lipinski definition) is 3. The summed E-state index contributed by atoms with van der Waals surface area (Å²) >= 11 is 0. The molecule has 5 nitrogen and oxygen atoms in total. The lowest BCUT2D eigenvalue weighted by atomic mass is 9.89. The summed E-state index contributed by atoms with van der Waals surface area (Å²) in [6, 6.07) is 0. The van der Waals surface area contributed by atoms with Gasteiger partial charge in [-0.2, -0.15) is 0 Å². The lowest BCUT2D eigenvalue weighted by Crippen LogP contribution is -2.35. The van der Waals surface area contributed by atoms with Gasteiger partial charge in [0.05, 0.1) is 17.9 Å². The van der Waals surface area contributed by atoms with Crippen LogP contribution < -0.4 is 5.32 Å². The molecule has 102 valence electrons. The van der Waals surface area contributed by atoms with E-state index in [-0.39, 0.29) is 17.7 Å². The van der Waals surface area contributed by atoms with Gasteiger partial charge in [0.1, 0.15) is 0 Å². The van der Waals surface area contributed by atoms with Crippen molar-refractivity contribution < 1.29 is 19.4 Å². The van der Waals surface area contributed by atoms with E-state index in [1.807, 2.05) is 13.8 Å². The van der Waals surface area contributed by atoms with Crippen LogP contribution in [-0.4, -0.2) is 36.7 Å². The molecule has 1 saturated carbocycles. The molecule has 0 aromatic carbocycles. The molecule has 1 amide bonds. The third kappa shape index (κ3) is 2.23. The van der Waals surface area contributed by atoms with Crippen molar-refractivity contribution >= 4 is 11.9 Å². The fourth-order valence-electron chi connectivity index (χ4n) is 2.84. The molecular formula is C13H21NO4. The SMILES string of the molecule is CC(C)C1(C(=O)O)CC1C(=O)NCC1CCOC1. The molecule has 2 aliphatic rings. The summed E-state index contributed by atoms with van der Waals surface area (Å²) in [6.07, 6.45) is 1.44. The largest absolute Gasteiger partial charge is 0.481 e. The first kappa shape index (κ1) is 13.3. The van der Waals surface area contributed by atoms with E-state index in [9.17, 15) is 14.7 Å². The summed E-state index contributed by atoms with van der Waals surface area (Å²) in [5.41, 5.74) is -0.837. The van der Waals surface area contributed by atoms with Crippen LogP contribution >= 0.6 is 0 Å². The quantitative estimate of drug-likeness (QED) is 0.765. The highest BCUT2D eigenvalue weighted by Gasteiger charge is 2.65. The molecule has 2 fully saturated rings. The minimum absolute atomic E-state index is 0.0134. The zero-order valence-electron chi connectivity index (χ0n) is 10.9. The Labute approximate surface area is 107 Å². The molecule has 0 aromatic rings. The molecule has 0 aromatic heterocycles. The smallest absolute Gasteiger partial charge is 0.310 e. The van der Waals surface area contributed by atoms with Crippen LogP contribution in [-0.2, 0) is 14.3 Å². The van der Waals surface area contributed by atoms with Gasteiger partial charge in [-0.1, -0.05) is 13.8 Å². The van der Waals surface area contributed by atoms with Gasteiger partial charge in [-0.15, -0.1) is 0 Å². The summed E-state index contributed by atoms with van der Waals surface area (Å²) in [6.45, 7) is 5.79. The Kier molecular flexibility index (Phi) is 3.61. The van der Waals surface area contributed by atoms with Gasteiger partial charge in [0, 0.05) is 19.1 Å². The fourth-order valence-corrected chi connectivity index (χ4v) is 2.84. The second-order valence-corrected chi connectivity index (χ2v) is 5.73. The Morgan fingerprint density at radius 3 is 2.67 bits per heavy atom. The fraction of sp³-hybridized carbons (Fsp3) is 0.846. The number of carbonyl (C=O) groups excluding carboxylic acids is 1. The first-order valence-electron chi connectivity index (χ1n) is 6.57. The van der Waals surface area contributed by atoms with Gasteiger partial charge in [-0.05, 0) is 18.8 Å². The van der Waals surface area contributed by atoms with E-state index >= 15 is 0 Å². The summed E-state index contributed by atoms with van der Waals surface area (Å²) in [5, 5.41) is 12.1. The van der Waals surface area contributed by atoms with Crippen molar-refractivity contribution in [1.29, 1.82) is 0 Å². The molecule has 0 bridgehead atoms. The van der Waals surface area contributed by atoms with Crippen molar-refractivity contribution in [2.45, 2.75) is 26.7 Å². The molecule has 0 spiro atoms. The average molecular weight is 255 g/mol. The van der Waals surface area contributed by atoms with Crippen molar-refractivity contribution in [2.75, 3.05) is 19.8 Å². The van der Waals surface area contributed by atoms with Crippen LogP contribution in [0.4, 0.5) is 0 Å². The number of carboxylic acid groups (broad SMARTS) is 1. The number of ether oxygens (including phenoxy) is 1. The Bertz CT molecular complexity index is 349. The normalized spacial score (nSPS) is 34.6. The molecule has 2 rings (SSSR count). The van der Waals surface area contributed by atoms with E-state index in [0.29, 0.717) is 25.5 Å². The maximum absolute atomic E-state index is 12.0. The maximum atomic E-state index is 12.0. The van der Waals surface area contributed by atoms with Crippen LogP contribution in [0.3, 0.4) is 0 Å². The highest BCUT2D eigenvalue weighted by atomic mass is 16.5. The second-order valence-electron chi connectivity index (χ2n) is 5.73. The number of carboxylic acids is 1. The molecule has 5 heteroatoms. The number of carbonyl (C=O) groups is 2. The Hall–Kier alpha value is -1.10. The molecule has 1 saturated heterocycles. The van der Waals surface area contributed by atoms with Gasteiger partial charge in [0.2, 0.25) is 5.91 Å². The van der Waals surface area contributed by atoms with Crippen molar-refractivity contribution in [3.05, 3.63) is 0 Å². The highest BCUT2D eigenvalue weighted by Crippen LogP contribution is 2.58. The molecule has 3 atom stereocenters. The predicted molar refractivity (Wildman–Crippen MR) is 64.9 cm³/mol. The van der Waals surface area contributed by atoms with Gasteiger partial charge in [-0.25, -0.2) is 0 Å². The zero-order chi connectivity index (χ0) is 13.3. The van der Waals surface area contributed by atoms with Crippen LogP contribution in [0, 0.1) is 23.2 Å². The standard InChI is InChI=1S/C13H21NO4/c1-8(2)13(12(16)17)5-10(13)11(15)14-6-9-3-4-18-7-9/h8-10H,3-7H2,1-2H3,(H,14,15)(H,16,17). The van der Waals surface area contributed by atoms with Gasteiger partial charge in [-0.3, -0.25) is 9.59 Å². The lowest BCUT2D eigenvalue weighted by Gasteiger charge is -2.17. The van der Waals surface area contributed by atoms with Crippen LogP contribution in [0.25, 0.3) is 0 Å². The maximum Gasteiger partial charge on any atom is 0.310 e. The minimum atomic E-state index is -0.846. The molecule has 1 aliphatic carbocycles. The third-order valence-electron chi connectivity index (χ3n) is 4.34. The monoisotopic (exact) mass is 255 g/mol. The Balaban J connectivity index is 1.85. The lowest BCUT2D eigenvalue weighted by molar-refractivity contribution is -0.147. The average Bonchev–Trinajstić information content (AvgIpc) is 2.89. The molecule has 1 heterocycles. The highest BCUT2D eigenvalue weighted by molar-refractivity contribution is 5.92. The predicted octanol–water partition coefficient (Wildman–Crippen LogP) is 0.886. The van der Waals surface area contributed by atoms with Crippen molar-refractivity contribution in [2.24, 2.45) is 23.2 Å². The first-order valence-corrected chi connectivity index (χ1v) is 6.57.